The monoisotopic (exact) mass is 366 g/mol. The Hall–Kier alpha value is -3.28. The van der Waals surface area contributed by atoms with Crippen LogP contribution in [0.3, 0.4) is 0 Å². The van der Waals surface area contributed by atoms with Gasteiger partial charge in [0.05, 0.1) is 19.2 Å². The molecule has 0 aliphatic carbocycles. The average molecular weight is 366 g/mol. The molecule has 0 saturated heterocycles. The van der Waals surface area contributed by atoms with E-state index >= 15 is 0 Å². The van der Waals surface area contributed by atoms with E-state index < -0.39 is 0 Å². The first-order chi connectivity index (χ1) is 13.1. The van der Waals surface area contributed by atoms with E-state index in [1.165, 1.54) is 0 Å². The first-order valence-electron chi connectivity index (χ1n) is 8.81. The predicted molar refractivity (Wildman–Crippen MR) is 106 cm³/mol. The summed E-state index contributed by atoms with van der Waals surface area (Å²) in [5, 5.41) is 3.73. The number of amides is 1. The molecule has 0 fully saturated rings. The molecule has 0 bridgehead atoms. The van der Waals surface area contributed by atoms with E-state index in [4.69, 9.17) is 9.47 Å². The number of pyridine rings is 1. The number of aromatic nitrogens is 1. The number of benzene rings is 2. The number of ether oxygens (including phenoxy) is 2. The summed E-state index contributed by atoms with van der Waals surface area (Å²) >= 11 is 0. The molecule has 0 spiro atoms. The lowest BCUT2D eigenvalue weighted by atomic mass is 10.1. The topological polar surface area (TPSA) is 80.4 Å². The third kappa shape index (κ3) is 4.67. The van der Waals surface area contributed by atoms with Crippen LogP contribution in [0.2, 0.25) is 0 Å². The number of H-pyrrole nitrogens is 1. The molecule has 3 aromatic rings. The zero-order valence-electron chi connectivity index (χ0n) is 15.4. The second kappa shape index (κ2) is 8.40. The highest BCUT2D eigenvalue weighted by molar-refractivity contribution is 5.91. The Morgan fingerprint density at radius 2 is 1.81 bits per heavy atom. The van der Waals surface area contributed by atoms with Crippen LogP contribution < -0.4 is 20.3 Å². The van der Waals surface area contributed by atoms with Gasteiger partial charge in [-0.25, -0.2) is 0 Å². The molecular formula is C21H22N2O4. The highest BCUT2D eigenvalue weighted by Gasteiger charge is 2.08. The number of rotatable bonds is 7. The van der Waals surface area contributed by atoms with Gasteiger partial charge in [0.2, 0.25) is 5.91 Å². The van der Waals surface area contributed by atoms with Crippen LogP contribution >= 0.6 is 0 Å². The summed E-state index contributed by atoms with van der Waals surface area (Å²) < 4.78 is 10.5. The molecule has 27 heavy (non-hydrogen) atoms. The maximum absolute atomic E-state index is 12.3. The molecule has 6 nitrogen and oxygen atoms in total. The summed E-state index contributed by atoms with van der Waals surface area (Å²) in [7, 11) is 1.58. The third-order valence-electron chi connectivity index (χ3n) is 4.20. The standard InChI is InChI=1S/C21H22N2O4/c1-3-27-17-9-6-16(7-10-17)22-20(24)11-5-15-12-14-4-8-18(26-2)13-19(14)23-21(15)25/h4,6-10,12-13H,3,5,11H2,1-2H3,(H,22,24)(H,23,25). The van der Waals surface area contributed by atoms with E-state index in [0.29, 0.717) is 35.5 Å². The number of hydrogen-bond acceptors (Lipinski definition) is 4. The SMILES string of the molecule is CCOc1ccc(NC(=O)CCc2cc3ccc(OC)cc3[nH]c2=O)cc1. The van der Waals surface area contributed by atoms with E-state index in [2.05, 4.69) is 10.3 Å². The molecule has 1 amide bonds. The molecule has 0 aliphatic heterocycles. The summed E-state index contributed by atoms with van der Waals surface area (Å²) in [6, 6.07) is 14.5. The molecule has 2 N–H and O–H groups in total. The molecular weight excluding hydrogens is 344 g/mol. The van der Waals surface area contributed by atoms with E-state index in [1.54, 1.807) is 37.4 Å². The molecule has 3 rings (SSSR count). The van der Waals surface area contributed by atoms with Crippen LogP contribution in [0.4, 0.5) is 5.69 Å². The van der Waals surface area contributed by atoms with Crippen LogP contribution in [0.5, 0.6) is 11.5 Å². The van der Waals surface area contributed by atoms with Crippen molar-refractivity contribution >= 4 is 22.5 Å². The maximum Gasteiger partial charge on any atom is 0.251 e. The Labute approximate surface area is 157 Å². The van der Waals surface area contributed by atoms with E-state index in [-0.39, 0.29) is 17.9 Å². The molecule has 1 aromatic heterocycles. The van der Waals surface area contributed by atoms with Gasteiger partial charge in [-0.1, -0.05) is 0 Å². The zero-order chi connectivity index (χ0) is 19.2. The molecule has 140 valence electrons. The third-order valence-corrected chi connectivity index (χ3v) is 4.20. The minimum Gasteiger partial charge on any atom is -0.497 e. The van der Waals surface area contributed by atoms with Crippen molar-refractivity contribution in [3.05, 3.63) is 64.4 Å². The van der Waals surface area contributed by atoms with Crippen LogP contribution in [0.25, 0.3) is 10.9 Å². The van der Waals surface area contributed by atoms with Gasteiger partial charge in [0.15, 0.2) is 0 Å². The summed E-state index contributed by atoms with van der Waals surface area (Å²) in [6.45, 7) is 2.51. The van der Waals surface area contributed by atoms with Crippen molar-refractivity contribution in [2.24, 2.45) is 0 Å². The van der Waals surface area contributed by atoms with Gasteiger partial charge in [0.25, 0.3) is 5.56 Å². The van der Waals surface area contributed by atoms with E-state index in [1.807, 2.05) is 25.1 Å². The van der Waals surface area contributed by atoms with Crippen LogP contribution in [-0.2, 0) is 11.2 Å². The second-order valence-electron chi connectivity index (χ2n) is 6.08. The smallest absolute Gasteiger partial charge is 0.251 e. The molecule has 0 aliphatic rings. The van der Waals surface area contributed by atoms with Crippen molar-refractivity contribution in [3.63, 3.8) is 0 Å². The molecule has 1 heterocycles. The maximum atomic E-state index is 12.3. The molecule has 0 radical (unpaired) electrons. The van der Waals surface area contributed by atoms with Gasteiger partial charge in [-0.3, -0.25) is 9.59 Å². The Morgan fingerprint density at radius 3 is 2.52 bits per heavy atom. The van der Waals surface area contributed by atoms with Gasteiger partial charge < -0.3 is 19.8 Å². The molecule has 0 unspecified atom stereocenters. The quantitative estimate of drug-likeness (QED) is 0.671. The van der Waals surface area contributed by atoms with Crippen LogP contribution in [-0.4, -0.2) is 24.6 Å². The van der Waals surface area contributed by atoms with E-state index in [0.717, 1.165) is 11.1 Å². The molecule has 2 aromatic carbocycles. The van der Waals surface area contributed by atoms with Gasteiger partial charge >= 0.3 is 0 Å². The largest absolute Gasteiger partial charge is 0.497 e. The van der Waals surface area contributed by atoms with Gasteiger partial charge in [0, 0.05) is 23.7 Å². The summed E-state index contributed by atoms with van der Waals surface area (Å²) in [5.74, 6) is 1.30. The lowest BCUT2D eigenvalue weighted by molar-refractivity contribution is -0.116. The number of nitrogens with one attached hydrogen (secondary N) is 2. The summed E-state index contributed by atoms with van der Waals surface area (Å²) in [4.78, 5) is 27.3. The predicted octanol–water partition coefficient (Wildman–Crippen LogP) is 3.51. The van der Waals surface area contributed by atoms with Crippen LogP contribution in [0.15, 0.2) is 53.3 Å². The van der Waals surface area contributed by atoms with Crippen LogP contribution in [0.1, 0.15) is 18.9 Å². The number of carbonyl (C=O) groups excluding carboxylic acids is 1. The fourth-order valence-corrected chi connectivity index (χ4v) is 2.81. The minimum atomic E-state index is -0.190. The number of carbonyl (C=O) groups is 1. The highest BCUT2D eigenvalue weighted by Crippen LogP contribution is 2.19. The average Bonchev–Trinajstić information content (AvgIpc) is 2.67. The van der Waals surface area contributed by atoms with Crippen molar-refractivity contribution in [2.45, 2.75) is 19.8 Å². The number of aromatic amines is 1. The van der Waals surface area contributed by atoms with Gasteiger partial charge in [-0.05, 0) is 61.2 Å². The Balaban J connectivity index is 1.64. The first kappa shape index (κ1) is 18.5. The Morgan fingerprint density at radius 1 is 1.07 bits per heavy atom. The molecule has 0 atom stereocenters. The van der Waals surface area contributed by atoms with E-state index in [9.17, 15) is 9.59 Å². The zero-order valence-corrected chi connectivity index (χ0v) is 15.4. The number of aryl methyl sites for hydroxylation is 1. The Kier molecular flexibility index (Phi) is 5.76. The summed E-state index contributed by atoms with van der Waals surface area (Å²) in [6.07, 6.45) is 0.581. The van der Waals surface area contributed by atoms with Crippen molar-refractivity contribution < 1.29 is 14.3 Å². The van der Waals surface area contributed by atoms with Gasteiger partial charge in [-0.15, -0.1) is 0 Å². The number of anilines is 1. The fraction of sp³-hybridized carbons (Fsp3) is 0.238. The van der Waals surface area contributed by atoms with Gasteiger partial charge in [-0.2, -0.15) is 0 Å². The Bertz CT molecular complexity index is 993. The lowest BCUT2D eigenvalue weighted by Gasteiger charge is -2.08. The molecule has 0 saturated carbocycles. The van der Waals surface area contributed by atoms with Crippen molar-refractivity contribution in [3.8, 4) is 11.5 Å². The van der Waals surface area contributed by atoms with Crippen molar-refractivity contribution in [2.75, 3.05) is 19.0 Å². The van der Waals surface area contributed by atoms with Crippen LogP contribution in [0, 0.1) is 0 Å². The fourth-order valence-electron chi connectivity index (χ4n) is 2.81. The van der Waals surface area contributed by atoms with Crippen molar-refractivity contribution in [1.82, 2.24) is 4.98 Å². The second-order valence-corrected chi connectivity index (χ2v) is 6.08. The lowest BCUT2D eigenvalue weighted by Crippen LogP contribution is -2.17. The molecule has 6 heteroatoms. The van der Waals surface area contributed by atoms with Gasteiger partial charge in [0.1, 0.15) is 11.5 Å². The first-order valence-corrected chi connectivity index (χ1v) is 8.81. The number of fused-ring (bicyclic) bond motifs is 1. The highest BCUT2D eigenvalue weighted by atomic mass is 16.5. The number of hydrogen-bond donors (Lipinski definition) is 2. The number of methoxy groups -OCH3 is 1. The summed E-state index contributed by atoms with van der Waals surface area (Å²) in [5.41, 5.74) is 1.80. The normalized spacial score (nSPS) is 10.6. The van der Waals surface area contributed by atoms with Crippen molar-refractivity contribution in [1.29, 1.82) is 0 Å². The minimum absolute atomic E-state index is 0.145.